The minimum atomic E-state index is 0.531. The number of para-hydroxylation sites is 2. The molecule has 9 rings (SSSR count). The highest BCUT2D eigenvalue weighted by Gasteiger charge is 2.11. The van der Waals surface area contributed by atoms with Crippen LogP contribution in [0.4, 0.5) is 0 Å². The van der Waals surface area contributed by atoms with Crippen molar-refractivity contribution in [2.75, 3.05) is 0 Å². The molecule has 0 aliphatic rings. The van der Waals surface area contributed by atoms with Gasteiger partial charge in [0.2, 0.25) is 11.8 Å². The van der Waals surface area contributed by atoms with Gasteiger partial charge in [-0.25, -0.2) is 19.9 Å². The Labute approximate surface area is 275 Å². The molecule has 9 aromatic rings. The van der Waals surface area contributed by atoms with Crippen LogP contribution in [0.2, 0.25) is 0 Å². The molecule has 226 valence electrons. The van der Waals surface area contributed by atoms with E-state index in [1.807, 2.05) is 84.9 Å². The van der Waals surface area contributed by atoms with E-state index >= 15 is 0 Å². The zero-order chi connectivity index (χ0) is 31.9. The molecule has 5 aromatic carbocycles. The highest BCUT2D eigenvalue weighted by molar-refractivity contribution is 6.04. The maximum Gasteiger partial charge on any atom is 0.219 e. The van der Waals surface area contributed by atoms with E-state index in [0.717, 1.165) is 77.6 Å². The van der Waals surface area contributed by atoms with Crippen molar-refractivity contribution in [2.24, 2.45) is 0 Å². The summed E-state index contributed by atoms with van der Waals surface area (Å²) in [5, 5.41) is 4.05. The predicted octanol–water partition coefficient (Wildman–Crippen LogP) is 10.8. The minimum Gasteiger partial charge on any atom is -0.439 e. The van der Waals surface area contributed by atoms with Crippen molar-refractivity contribution in [2.45, 2.75) is 0 Å². The summed E-state index contributed by atoms with van der Waals surface area (Å²) in [5.74, 6) is 2.54. The van der Waals surface area contributed by atoms with Crippen LogP contribution in [0.3, 0.4) is 0 Å². The molecule has 0 fully saturated rings. The maximum atomic E-state index is 6.03. The monoisotopic (exact) mass is 618 g/mol. The van der Waals surface area contributed by atoms with Crippen molar-refractivity contribution in [1.29, 1.82) is 0 Å². The maximum absolute atomic E-state index is 6.03. The van der Waals surface area contributed by atoms with Gasteiger partial charge in [0.1, 0.15) is 22.5 Å². The lowest BCUT2D eigenvalue weighted by molar-refractivity contribution is 0.465. The number of benzene rings is 5. The molecule has 4 heterocycles. The van der Waals surface area contributed by atoms with Crippen LogP contribution in [-0.4, -0.2) is 19.9 Å². The Kier molecular flexibility index (Phi) is 6.68. The number of hydrogen-bond donors (Lipinski definition) is 0. The third-order valence-corrected chi connectivity index (χ3v) is 8.40. The summed E-state index contributed by atoms with van der Waals surface area (Å²) in [6.07, 6.45) is 0. The van der Waals surface area contributed by atoms with E-state index in [9.17, 15) is 0 Å². The Morgan fingerprint density at radius 3 is 1.02 bits per heavy atom. The fourth-order valence-electron chi connectivity index (χ4n) is 5.97. The summed E-state index contributed by atoms with van der Waals surface area (Å²) in [6, 6.07) is 52.1. The van der Waals surface area contributed by atoms with E-state index in [0.29, 0.717) is 11.8 Å². The topological polar surface area (TPSA) is 70.0 Å². The molecule has 48 heavy (non-hydrogen) atoms. The second-order valence-corrected chi connectivity index (χ2v) is 11.5. The van der Waals surface area contributed by atoms with Gasteiger partial charge in [-0.15, -0.1) is 0 Å². The van der Waals surface area contributed by atoms with E-state index in [1.165, 1.54) is 0 Å². The number of hydrogen-bond acceptors (Lipinski definition) is 6. The summed E-state index contributed by atoms with van der Waals surface area (Å²) >= 11 is 0. The van der Waals surface area contributed by atoms with Crippen LogP contribution in [0.25, 0.3) is 66.1 Å². The molecule has 6 heteroatoms. The van der Waals surface area contributed by atoms with Crippen LogP contribution in [0.15, 0.2) is 158 Å². The molecule has 6 nitrogen and oxygen atoms in total. The average Bonchev–Trinajstić information content (AvgIpc) is 3.15. The standard InChI is InChI=1S/C42H26N4O2/c1-3-7-33(8-4-1)47-37-25-21-31-17-15-29-19-23-35(43-39(29)41(31)45-37)27-11-13-28(14-12-27)36-24-20-30-16-18-32-22-26-38(46-42(32)40(30)44-36)48-34-9-5-2-6-10-34/h1-26H. The average molecular weight is 619 g/mol. The molecule has 4 aromatic heterocycles. The predicted molar refractivity (Wildman–Crippen MR) is 192 cm³/mol. The lowest BCUT2D eigenvalue weighted by atomic mass is 10.0. The molecule has 0 aliphatic heterocycles. The number of nitrogens with zero attached hydrogens (tertiary/aromatic N) is 4. The van der Waals surface area contributed by atoms with Gasteiger partial charge in [-0.1, -0.05) is 97.1 Å². The SMILES string of the molecule is c1ccc(Oc2ccc3ccc4ccc(-c5ccc(-c6ccc7ccc8ccc(Oc9ccccc9)nc8c7n6)cc5)nc4c3n2)cc1. The number of rotatable bonds is 6. The van der Waals surface area contributed by atoms with Gasteiger partial charge in [-0.2, -0.15) is 0 Å². The van der Waals surface area contributed by atoms with Crippen molar-refractivity contribution < 1.29 is 9.47 Å². The van der Waals surface area contributed by atoms with E-state index < -0.39 is 0 Å². The Balaban J connectivity index is 1.05. The molecular weight excluding hydrogens is 592 g/mol. The van der Waals surface area contributed by atoms with Gasteiger partial charge in [0.15, 0.2) is 0 Å². The smallest absolute Gasteiger partial charge is 0.219 e. The van der Waals surface area contributed by atoms with E-state index in [1.54, 1.807) is 0 Å². The van der Waals surface area contributed by atoms with Crippen molar-refractivity contribution in [3.63, 3.8) is 0 Å². The quantitative estimate of drug-likeness (QED) is 0.173. The molecule has 0 bridgehead atoms. The van der Waals surface area contributed by atoms with E-state index in [4.69, 9.17) is 29.4 Å². The summed E-state index contributed by atoms with van der Waals surface area (Å²) in [7, 11) is 0. The molecule has 0 saturated heterocycles. The Bertz CT molecular complexity index is 2420. The molecule has 0 amide bonds. The lowest BCUT2D eigenvalue weighted by Crippen LogP contribution is -1.93. The Hall–Kier alpha value is -6.66. The van der Waals surface area contributed by atoms with E-state index in [2.05, 4.69) is 72.8 Å². The zero-order valence-corrected chi connectivity index (χ0v) is 25.6. The zero-order valence-electron chi connectivity index (χ0n) is 25.6. The summed E-state index contributed by atoms with van der Waals surface area (Å²) in [4.78, 5) is 19.9. The van der Waals surface area contributed by atoms with Crippen molar-refractivity contribution >= 4 is 43.6 Å². The summed E-state index contributed by atoms with van der Waals surface area (Å²) in [6.45, 7) is 0. The van der Waals surface area contributed by atoms with Gasteiger partial charge in [0.05, 0.1) is 22.4 Å². The molecule has 0 spiro atoms. The number of fused-ring (bicyclic) bond motifs is 6. The van der Waals surface area contributed by atoms with Crippen LogP contribution in [0.5, 0.6) is 23.3 Å². The first-order valence-electron chi connectivity index (χ1n) is 15.7. The van der Waals surface area contributed by atoms with Gasteiger partial charge >= 0.3 is 0 Å². The number of aromatic nitrogens is 4. The Morgan fingerprint density at radius 2 is 0.625 bits per heavy atom. The first-order chi connectivity index (χ1) is 23.7. The first kappa shape index (κ1) is 27.6. The molecule has 0 aliphatic carbocycles. The summed E-state index contributed by atoms with van der Waals surface area (Å²) < 4.78 is 12.1. The molecule has 0 radical (unpaired) electrons. The lowest BCUT2D eigenvalue weighted by Gasteiger charge is -2.10. The van der Waals surface area contributed by atoms with Crippen molar-refractivity contribution in [1.82, 2.24) is 19.9 Å². The van der Waals surface area contributed by atoms with Gasteiger partial charge < -0.3 is 9.47 Å². The van der Waals surface area contributed by atoms with Crippen LogP contribution >= 0.6 is 0 Å². The van der Waals surface area contributed by atoms with Crippen molar-refractivity contribution in [3.8, 4) is 45.8 Å². The Morgan fingerprint density at radius 1 is 0.292 bits per heavy atom. The first-order valence-corrected chi connectivity index (χ1v) is 15.7. The van der Waals surface area contributed by atoms with Crippen LogP contribution in [-0.2, 0) is 0 Å². The largest absolute Gasteiger partial charge is 0.439 e. The van der Waals surface area contributed by atoms with Crippen LogP contribution in [0, 0.1) is 0 Å². The second-order valence-electron chi connectivity index (χ2n) is 11.5. The van der Waals surface area contributed by atoms with Crippen LogP contribution in [0.1, 0.15) is 0 Å². The fraction of sp³-hybridized carbons (Fsp3) is 0. The van der Waals surface area contributed by atoms with Crippen LogP contribution < -0.4 is 9.47 Å². The molecule has 0 atom stereocenters. The highest BCUT2D eigenvalue weighted by atomic mass is 16.5. The van der Waals surface area contributed by atoms with Gasteiger partial charge in [-0.3, -0.25) is 0 Å². The molecular formula is C42H26N4O2. The van der Waals surface area contributed by atoms with Crippen molar-refractivity contribution in [3.05, 3.63) is 158 Å². The minimum absolute atomic E-state index is 0.531. The van der Waals surface area contributed by atoms with Gasteiger partial charge in [0.25, 0.3) is 0 Å². The number of ether oxygens (including phenoxy) is 2. The normalized spacial score (nSPS) is 11.3. The molecule has 0 N–H and O–H groups in total. The number of pyridine rings is 4. The third kappa shape index (κ3) is 5.21. The van der Waals surface area contributed by atoms with Gasteiger partial charge in [-0.05, 0) is 48.5 Å². The van der Waals surface area contributed by atoms with Gasteiger partial charge in [0, 0.05) is 44.8 Å². The summed E-state index contributed by atoms with van der Waals surface area (Å²) in [5.41, 5.74) is 7.01. The third-order valence-electron chi connectivity index (χ3n) is 8.40. The van der Waals surface area contributed by atoms with E-state index in [-0.39, 0.29) is 0 Å². The molecule has 0 saturated carbocycles. The highest BCUT2D eigenvalue weighted by Crippen LogP contribution is 2.32. The second kappa shape index (κ2) is 11.6. The fourth-order valence-corrected chi connectivity index (χ4v) is 5.97. The molecule has 0 unspecified atom stereocenters.